The molecule has 1 saturated carbocycles. The SMILES string of the molecule is C1=CC2CC2C=C1Oc1ccccc1. The molecule has 14 heavy (non-hydrogen) atoms. The van der Waals surface area contributed by atoms with Gasteiger partial charge in [0, 0.05) is 0 Å². The highest BCUT2D eigenvalue weighted by atomic mass is 16.5. The molecule has 2 aliphatic carbocycles. The van der Waals surface area contributed by atoms with Crippen LogP contribution in [0.1, 0.15) is 6.42 Å². The van der Waals surface area contributed by atoms with Crippen molar-refractivity contribution in [1.82, 2.24) is 0 Å². The maximum absolute atomic E-state index is 5.73. The smallest absolute Gasteiger partial charge is 0.127 e. The molecule has 1 aromatic rings. The van der Waals surface area contributed by atoms with E-state index in [1.807, 2.05) is 30.3 Å². The fourth-order valence-electron chi connectivity index (χ4n) is 1.83. The topological polar surface area (TPSA) is 9.23 Å². The predicted octanol–water partition coefficient (Wildman–Crippen LogP) is 3.16. The molecule has 1 nitrogen and oxygen atoms in total. The Morgan fingerprint density at radius 1 is 1.07 bits per heavy atom. The van der Waals surface area contributed by atoms with Gasteiger partial charge >= 0.3 is 0 Å². The first kappa shape index (κ1) is 7.86. The van der Waals surface area contributed by atoms with Crippen LogP contribution in [0.5, 0.6) is 5.75 Å². The zero-order chi connectivity index (χ0) is 9.38. The van der Waals surface area contributed by atoms with Crippen molar-refractivity contribution in [3.63, 3.8) is 0 Å². The molecule has 0 saturated heterocycles. The van der Waals surface area contributed by atoms with Gasteiger partial charge in [-0.2, -0.15) is 0 Å². The summed E-state index contributed by atoms with van der Waals surface area (Å²) in [4.78, 5) is 0. The third kappa shape index (κ3) is 1.46. The summed E-state index contributed by atoms with van der Waals surface area (Å²) in [5.41, 5.74) is 0. The molecule has 70 valence electrons. The molecule has 1 fully saturated rings. The Morgan fingerprint density at radius 3 is 2.71 bits per heavy atom. The summed E-state index contributed by atoms with van der Waals surface area (Å²) in [6.07, 6.45) is 7.87. The molecule has 1 aromatic carbocycles. The van der Waals surface area contributed by atoms with Crippen molar-refractivity contribution in [2.24, 2.45) is 11.8 Å². The van der Waals surface area contributed by atoms with Crippen molar-refractivity contribution in [2.75, 3.05) is 0 Å². The molecular weight excluding hydrogens is 172 g/mol. The van der Waals surface area contributed by atoms with E-state index < -0.39 is 0 Å². The molecule has 3 rings (SSSR count). The highest BCUT2D eigenvalue weighted by Crippen LogP contribution is 2.44. The Morgan fingerprint density at radius 2 is 1.93 bits per heavy atom. The summed E-state index contributed by atoms with van der Waals surface area (Å²) >= 11 is 0. The molecule has 0 amide bonds. The molecule has 0 heterocycles. The number of para-hydroxylation sites is 1. The van der Waals surface area contributed by atoms with E-state index in [1.54, 1.807) is 0 Å². The minimum atomic E-state index is 0.749. The fourth-order valence-corrected chi connectivity index (χ4v) is 1.83. The number of ether oxygens (including phenoxy) is 1. The average Bonchev–Trinajstić information content (AvgIpc) is 2.97. The Bertz CT molecular complexity index is 389. The second-order valence-electron chi connectivity index (χ2n) is 3.91. The number of hydrogen-bond donors (Lipinski definition) is 0. The fraction of sp³-hybridized carbons (Fsp3) is 0.231. The Hall–Kier alpha value is -1.50. The van der Waals surface area contributed by atoms with Crippen molar-refractivity contribution in [2.45, 2.75) is 6.42 Å². The van der Waals surface area contributed by atoms with Gasteiger partial charge in [-0.15, -0.1) is 0 Å². The van der Waals surface area contributed by atoms with E-state index in [0.29, 0.717) is 0 Å². The van der Waals surface area contributed by atoms with Crippen molar-refractivity contribution in [3.8, 4) is 5.75 Å². The molecule has 2 atom stereocenters. The van der Waals surface area contributed by atoms with Gasteiger partial charge in [-0.1, -0.05) is 24.3 Å². The first-order valence-electron chi connectivity index (χ1n) is 5.05. The van der Waals surface area contributed by atoms with E-state index in [2.05, 4.69) is 18.2 Å². The molecule has 0 aliphatic heterocycles. The highest BCUT2D eigenvalue weighted by molar-refractivity contribution is 5.31. The van der Waals surface area contributed by atoms with E-state index in [0.717, 1.165) is 23.3 Å². The van der Waals surface area contributed by atoms with Crippen molar-refractivity contribution >= 4 is 0 Å². The van der Waals surface area contributed by atoms with E-state index in [9.17, 15) is 0 Å². The molecule has 0 spiro atoms. The van der Waals surface area contributed by atoms with Crippen LogP contribution in [-0.4, -0.2) is 0 Å². The van der Waals surface area contributed by atoms with Crippen LogP contribution in [0.3, 0.4) is 0 Å². The lowest BCUT2D eigenvalue weighted by molar-refractivity contribution is 0.438. The van der Waals surface area contributed by atoms with Crippen LogP contribution in [0.2, 0.25) is 0 Å². The van der Waals surface area contributed by atoms with Crippen LogP contribution in [0.15, 0.2) is 54.3 Å². The van der Waals surface area contributed by atoms with Gasteiger partial charge in [-0.3, -0.25) is 0 Å². The molecule has 0 aromatic heterocycles. The number of hydrogen-bond acceptors (Lipinski definition) is 1. The number of fused-ring (bicyclic) bond motifs is 1. The van der Waals surface area contributed by atoms with Gasteiger partial charge in [-0.05, 0) is 42.5 Å². The number of benzene rings is 1. The third-order valence-corrected chi connectivity index (χ3v) is 2.76. The summed E-state index contributed by atoms with van der Waals surface area (Å²) in [5.74, 6) is 3.47. The van der Waals surface area contributed by atoms with E-state index in [4.69, 9.17) is 4.74 Å². The molecule has 0 N–H and O–H groups in total. The average molecular weight is 184 g/mol. The lowest BCUT2D eigenvalue weighted by Gasteiger charge is -2.08. The van der Waals surface area contributed by atoms with Crippen molar-refractivity contribution in [1.29, 1.82) is 0 Å². The molecular formula is C13H12O. The van der Waals surface area contributed by atoms with Crippen molar-refractivity contribution < 1.29 is 4.74 Å². The van der Waals surface area contributed by atoms with Gasteiger partial charge < -0.3 is 4.74 Å². The first-order valence-corrected chi connectivity index (χ1v) is 5.05. The monoisotopic (exact) mass is 184 g/mol. The third-order valence-electron chi connectivity index (χ3n) is 2.76. The minimum absolute atomic E-state index is 0.749. The van der Waals surface area contributed by atoms with Crippen LogP contribution >= 0.6 is 0 Å². The summed E-state index contributed by atoms with van der Waals surface area (Å²) in [5, 5.41) is 0. The summed E-state index contributed by atoms with van der Waals surface area (Å²) in [7, 11) is 0. The standard InChI is InChI=1S/C13H12O/c1-2-4-12(5-3-1)14-13-7-6-10-8-11(10)9-13/h1-7,9-11H,8H2. The Labute approximate surface area is 83.7 Å². The van der Waals surface area contributed by atoms with E-state index >= 15 is 0 Å². The number of allylic oxidation sites excluding steroid dienone is 3. The largest absolute Gasteiger partial charge is 0.458 e. The second kappa shape index (κ2) is 3.02. The van der Waals surface area contributed by atoms with Gasteiger partial charge in [-0.25, -0.2) is 0 Å². The van der Waals surface area contributed by atoms with Gasteiger partial charge in [0.2, 0.25) is 0 Å². The normalized spacial score (nSPS) is 27.9. The lowest BCUT2D eigenvalue weighted by Crippen LogP contribution is -1.96. The quantitative estimate of drug-likeness (QED) is 0.686. The summed E-state index contributed by atoms with van der Waals surface area (Å²) in [6, 6.07) is 9.93. The van der Waals surface area contributed by atoms with Gasteiger partial charge in [0.25, 0.3) is 0 Å². The van der Waals surface area contributed by atoms with E-state index in [1.165, 1.54) is 6.42 Å². The Balaban J connectivity index is 1.76. The predicted molar refractivity (Wildman–Crippen MR) is 55.9 cm³/mol. The van der Waals surface area contributed by atoms with Gasteiger partial charge in [0.15, 0.2) is 0 Å². The first-order chi connectivity index (χ1) is 6.92. The van der Waals surface area contributed by atoms with Crippen LogP contribution in [0, 0.1) is 11.8 Å². The van der Waals surface area contributed by atoms with Gasteiger partial charge in [0.1, 0.15) is 11.5 Å². The summed E-state index contributed by atoms with van der Waals surface area (Å²) in [6.45, 7) is 0. The molecule has 0 bridgehead atoms. The highest BCUT2D eigenvalue weighted by Gasteiger charge is 2.35. The van der Waals surface area contributed by atoms with Crippen LogP contribution in [-0.2, 0) is 0 Å². The Kier molecular flexibility index (Phi) is 1.69. The molecule has 0 radical (unpaired) electrons. The van der Waals surface area contributed by atoms with E-state index in [-0.39, 0.29) is 0 Å². The maximum atomic E-state index is 5.73. The van der Waals surface area contributed by atoms with Crippen LogP contribution in [0.4, 0.5) is 0 Å². The molecule has 1 heteroatoms. The van der Waals surface area contributed by atoms with Crippen LogP contribution in [0.25, 0.3) is 0 Å². The molecule has 2 unspecified atom stereocenters. The zero-order valence-electron chi connectivity index (χ0n) is 7.89. The number of rotatable bonds is 2. The molecule has 2 aliphatic rings. The minimum Gasteiger partial charge on any atom is -0.458 e. The lowest BCUT2D eigenvalue weighted by atomic mass is 10.2. The van der Waals surface area contributed by atoms with Crippen LogP contribution < -0.4 is 4.74 Å². The zero-order valence-corrected chi connectivity index (χ0v) is 7.89. The van der Waals surface area contributed by atoms with Crippen molar-refractivity contribution in [3.05, 3.63) is 54.3 Å². The maximum Gasteiger partial charge on any atom is 0.127 e. The van der Waals surface area contributed by atoms with Gasteiger partial charge in [0.05, 0.1) is 0 Å². The summed E-state index contributed by atoms with van der Waals surface area (Å²) < 4.78 is 5.73. The second-order valence-corrected chi connectivity index (χ2v) is 3.91.